The van der Waals surface area contributed by atoms with Gasteiger partial charge in [-0.15, -0.1) is 0 Å². The second-order valence-electron chi connectivity index (χ2n) is 4.49. The number of benzene rings is 2. The number of aryl methyl sites for hydroxylation is 1. The average molecular weight is 360 g/mol. The SMILES string of the molecule is Cc1cc(Oc2cc(Br)ccc2Cl)c([C@@H](C)O)cc1F. The molecule has 0 aliphatic carbocycles. The lowest BCUT2D eigenvalue weighted by atomic mass is 10.1. The van der Waals surface area contributed by atoms with Crippen molar-refractivity contribution in [1.82, 2.24) is 0 Å². The molecule has 2 rings (SSSR count). The van der Waals surface area contributed by atoms with E-state index in [-0.39, 0.29) is 5.82 Å². The molecule has 0 fully saturated rings. The topological polar surface area (TPSA) is 29.5 Å². The Kier molecular flexibility index (Phi) is 4.68. The van der Waals surface area contributed by atoms with E-state index in [2.05, 4.69) is 15.9 Å². The standard InChI is InChI=1S/C15H13BrClFO2/c1-8-5-14(11(9(2)19)7-13(8)18)20-15-6-10(16)3-4-12(15)17/h3-7,9,19H,1-2H3/t9-/m1/s1. The van der Waals surface area contributed by atoms with Crippen LogP contribution in [0.3, 0.4) is 0 Å². The highest BCUT2D eigenvalue weighted by Crippen LogP contribution is 2.36. The molecular weight excluding hydrogens is 347 g/mol. The van der Waals surface area contributed by atoms with Crippen molar-refractivity contribution >= 4 is 27.5 Å². The maximum absolute atomic E-state index is 13.6. The molecule has 5 heteroatoms. The summed E-state index contributed by atoms with van der Waals surface area (Å²) < 4.78 is 20.1. The van der Waals surface area contributed by atoms with Crippen molar-refractivity contribution in [2.45, 2.75) is 20.0 Å². The minimum Gasteiger partial charge on any atom is -0.455 e. The number of aliphatic hydroxyl groups is 1. The molecule has 0 unspecified atom stereocenters. The molecule has 2 aromatic rings. The molecule has 0 aliphatic rings. The maximum atomic E-state index is 13.6. The van der Waals surface area contributed by atoms with Gasteiger partial charge in [-0.05, 0) is 49.7 Å². The van der Waals surface area contributed by atoms with E-state index in [1.165, 1.54) is 6.07 Å². The predicted octanol–water partition coefficient (Wildman–Crippen LogP) is 5.40. The van der Waals surface area contributed by atoms with Gasteiger partial charge in [0.1, 0.15) is 17.3 Å². The molecule has 0 saturated carbocycles. The number of rotatable bonds is 3. The highest BCUT2D eigenvalue weighted by molar-refractivity contribution is 9.10. The van der Waals surface area contributed by atoms with Crippen LogP contribution in [0.2, 0.25) is 5.02 Å². The van der Waals surface area contributed by atoms with Gasteiger partial charge in [0.25, 0.3) is 0 Å². The average Bonchev–Trinajstić information content (AvgIpc) is 2.37. The molecule has 0 bridgehead atoms. The van der Waals surface area contributed by atoms with Gasteiger partial charge in [-0.2, -0.15) is 0 Å². The second kappa shape index (κ2) is 6.12. The summed E-state index contributed by atoms with van der Waals surface area (Å²) in [4.78, 5) is 0. The highest BCUT2D eigenvalue weighted by atomic mass is 79.9. The normalized spacial score (nSPS) is 12.3. The maximum Gasteiger partial charge on any atom is 0.147 e. The third-order valence-corrected chi connectivity index (χ3v) is 3.66. The lowest BCUT2D eigenvalue weighted by Crippen LogP contribution is -1.99. The molecule has 0 heterocycles. The Hall–Kier alpha value is -1.10. The van der Waals surface area contributed by atoms with E-state index in [0.717, 1.165) is 4.47 Å². The van der Waals surface area contributed by atoms with E-state index >= 15 is 0 Å². The highest BCUT2D eigenvalue weighted by Gasteiger charge is 2.15. The minimum absolute atomic E-state index is 0.379. The predicted molar refractivity (Wildman–Crippen MR) is 81.0 cm³/mol. The van der Waals surface area contributed by atoms with Gasteiger partial charge in [-0.1, -0.05) is 27.5 Å². The van der Waals surface area contributed by atoms with Crippen molar-refractivity contribution in [2.75, 3.05) is 0 Å². The third-order valence-electron chi connectivity index (χ3n) is 2.85. The van der Waals surface area contributed by atoms with Gasteiger partial charge >= 0.3 is 0 Å². The van der Waals surface area contributed by atoms with E-state index in [1.54, 1.807) is 38.1 Å². The van der Waals surface area contributed by atoms with Crippen LogP contribution in [0.15, 0.2) is 34.8 Å². The first-order chi connectivity index (χ1) is 9.38. The van der Waals surface area contributed by atoms with Crippen LogP contribution in [0.5, 0.6) is 11.5 Å². The van der Waals surface area contributed by atoms with Gasteiger partial charge in [0, 0.05) is 10.0 Å². The number of hydrogen-bond donors (Lipinski definition) is 1. The molecule has 20 heavy (non-hydrogen) atoms. The molecule has 2 nitrogen and oxygen atoms in total. The summed E-state index contributed by atoms with van der Waals surface area (Å²) in [5.74, 6) is 0.446. The fourth-order valence-electron chi connectivity index (χ4n) is 1.76. The first-order valence-corrected chi connectivity index (χ1v) is 7.16. The fourth-order valence-corrected chi connectivity index (χ4v) is 2.26. The third kappa shape index (κ3) is 3.32. The first kappa shape index (κ1) is 15.3. The summed E-state index contributed by atoms with van der Waals surface area (Å²) in [6, 6.07) is 8.03. The van der Waals surface area contributed by atoms with Gasteiger partial charge in [-0.3, -0.25) is 0 Å². The monoisotopic (exact) mass is 358 g/mol. The Bertz CT molecular complexity index is 644. The molecule has 0 saturated heterocycles. The Balaban J connectivity index is 2.47. The Morgan fingerprint density at radius 1 is 1.25 bits per heavy atom. The van der Waals surface area contributed by atoms with E-state index in [9.17, 15) is 9.50 Å². The minimum atomic E-state index is -0.842. The quantitative estimate of drug-likeness (QED) is 0.795. The van der Waals surface area contributed by atoms with Crippen molar-refractivity contribution in [3.05, 3.63) is 56.8 Å². The molecule has 106 valence electrons. The lowest BCUT2D eigenvalue weighted by Gasteiger charge is -2.15. The smallest absolute Gasteiger partial charge is 0.147 e. The van der Waals surface area contributed by atoms with Crippen LogP contribution in [0, 0.1) is 12.7 Å². The zero-order valence-corrected chi connectivity index (χ0v) is 13.3. The summed E-state index contributed by atoms with van der Waals surface area (Å²) in [6.45, 7) is 3.19. The van der Waals surface area contributed by atoms with E-state index in [1.807, 2.05) is 0 Å². The van der Waals surface area contributed by atoms with Gasteiger partial charge in [-0.25, -0.2) is 4.39 Å². The number of ether oxygens (including phenoxy) is 1. The van der Waals surface area contributed by atoms with Gasteiger partial charge in [0.15, 0.2) is 0 Å². The zero-order chi connectivity index (χ0) is 14.9. The van der Waals surface area contributed by atoms with E-state index < -0.39 is 6.10 Å². The molecule has 1 atom stereocenters. The molecule has 1 N–H and O–H groups in total. The van der Waals surface area contributed by atoms with Crippen LogP contribution in [-0.2, 0) is 0 Å². The van der Waals surface area contributed by atoms with Crippen molar-refractivity contribution in [1.29, 1.82) is 0 Å². The fraction of sp³-hybridized carbons (Fsp3) is 0.200. The van der Waals surface area contributed by atoms with Crippen LogP contribution in [0.4, 0.5) is 4.39 Å². The van der Waals surface area contributed by atoms with Gasteiger partial charge in [0.2, 0.25) is 0 Å². The Morgan fingerprint density at radius 3 is 2.60 bits per heavy atom. The van der Waals surface area contributed by atoms with Crippen molar-refractivity contribution in [2.24, 2.45) is 0 Å². The van der Waals surface area contributed by atoms with Crippen LogP contribution < -0.4 is 4.74 Å². The molecular formula is C15H13BrClFO2. The molecule has 0 aliphatic heterocycles. The summed E-state index contributed by atoms with van der Waals surface area (Å²) in [6.07, 6.45) is -0.842. The summed E-state index contributed by atoms with van der Waals surface area (Å²) in [5.41, 5.74) is 0.819. The zero-order valence-electron chi connectivity index (χ0n) is 11.0. The summed E-state index contributed by atoms with van der Waals surface area (Å²) >= 11 is 9.40. The molecule has 0 aromatic heterocycles. The van der Waals surface area contributed by atoms with E-state index in [4.69, 9.17) is 16.3 Å². The number of halogens is 3. The Labute approximate surface area is 130 Å². The first-order valence-electron chi connectivity index (χ1n) is 5.99. The Morgan fingerprint density at radius 2 is 1.95 bits per heavy atom. The van der Waals surface area contributed by atoms with Crippen LogP contribution in [0.25, 0.3) is 0 Å². The van der Waals surface area contributed by atoms with Crippen LogP contribution in [0.1, 0.15) is 24.2 Å². The van der Waals surface area contributed by atoms with E-state index in [0.29, 0.717) is 27.6 Å². The van der Waals surface area contributed by atoms with Crippen LogP contribution >= 0.6 is 27.5 Å². The number of aliphatic hydroxyl groups excluding tert-OH is 1. The van der Waals surface area contributed by atoms with Crippen molar-refractivity contribution < 1.29 is 14.2 Å². The molecule has 0 radical (unpaired) electrons. The number of hydrogen-bond acceptors (Lipinski definition) is 2. The lowest BCUT2D eigenvalue weighted by molar-refractivity contribution is 0.195. The summed E-state index contributed by atoms with van der Waals surface area (Å²) in [7, 11) is 0. The molecule has 0 spiro atoms. The van der Waals surface area contributed by atoms with Gasteiger partial charge in [0.05, 0.1) is 11.1 Å². The van der Waals surface area contributed by atoms with Crippen molar-refractivity contribution in [3.8, 4) is 11.5 Å². The summed E-state index contributed by atoms with van der Waals surface area (Å²) in [5, 5.41) is 10.2. The molecule has 2 aromatic carbocycles. The van der Waals surface area contributed by atoms with Crippen molar-refractivity contribution in [3.63, 3.8) is 0 Å². The van der Waals surface area contributed by atoms with Crippen LogP contribution in [-0.4, -0.2) is 5.11 Å². The molecule has 0 amide bonds. The second-order valence-corrected chi connectivity index (χ2v) is 5.81. The largest absolute Gasteiger partial charge is 0.455 e. The van der Waals surface area contributed by atoms with Gasteiger partial charge < -0.3 is 9.84 Å².